The van der Waals surface area contributed by atoms with E-state index in [1.54, 1.807) is 0 Å². The van der Waals surface area contributed by atoms with Crippen LogP contribution in [0.5, 0.6) is 0 Å². The molecule has 2 nitrogen and oxygen atoms in total. The summed E-state index contributed by atoms with van der Waals surface area (Å²) in [5, 5.41) is 0. The second-order valence-electron chi connectivity index (χ2n) is 5.30. The van der Waals surface area contributed by atoms with Crippen LogP contribution in [-0.2, 0) is 0 Å². The Kier molecular flexibility index (Phi) is 3.45. The van der Waals surface area contributed by atoms with Crippen molar-refractivity contribution in [2.75, 3.05) is 33.2 Å². The number of nitrogens with zero attached hydrogens (tertiary/aromatic N) is 2. The van der Waals surface area contributed by atoms with Crippen molar-refractivity contribution in [3.05, 3.63) is 0 Å². The molecule has 2 fully saturated rings. The molecule has 2 rings (SSSR count). The summed E-state index contributed by atoms with van der Waals surface area (Å²) in [6.45, 7) is 7.71. The van der Waals surface area contributed by atoms with Crippen molar-refractivity contribution in [3.63, 3.8) is 0 Å². The highest BCUT2D eigenvalue weighted by atomic mass is 15.3. The normalized spacial score (nSPS) is 29.6. The molecule has 0 radical (unpaired) electrons. The van der Waals surface area contributed by atoms with Crippen LogP contribution in [0.15, 0.2) is 0 Å². The van der Waals surface area contributed by atoms with Gasteiger partial charge in [-0.2, -0.15) is 0 Å². The molecule has 0 unspecified atom stereocenters. The molecule has 0 bridgehead atoms. The standard InChI is InChI=1S/C12H24N2/c1-11-5-3-7-14(8-4-6-11)12-9-13(2)10-12/h11-12H,3-10H2,1-2H3. The van der Waals surface area contributed by atoms with Crippen LogP contribution in [-0.4, -0.2) is 49.1 Å². The Balaban J connectivity index is 1.76. The van der Waals surface area contributed by atoms with Crippen LogP contribution in [0.4, 0.5) is 0 Å². The topological polar surface area (TPSA) is 6.48 Å². The molecule has 0 atom stereocenters. The first-order chi connectivity index (χ1) is 6.75. The lowest BCUT2D eigenvalue weighted by molar-refractivity contribution is 0.0446. The summed E-state index contributed by atoms with van der Waals surface area (Å²) >= 11 is 0. The zero-order chi connectivity index (χ0) is 9.97. The summed E-state index contributed by atoms with van der Waals surface area (Å²) in [6, 6.07) is 0.883. The van der Waals surface area contributed by atoms with E-state index in [0.29, 0.717) is 0 Å². The van der Waals surface area contributed by atoms with Gasteiger partial charge >= 0.3 is 0 Å². The second-order valence-corrected chi connectivity index (χ2v) is 5.30. The van der Waals surface area contributed by atoms with Gasteiger partial charge in [0.2, 0.25) is 0 Å². The van der Waals surface area contributed by atoms with Gasteiger partial charge in [0.25, 0.3) is 0 Å². The molecule has 0 saturated carbocycles. The molecule has 14 heavy (non-hydrogen) atoms. The van der Waals surface area contributed by atoms with Gasteiger partial charge in [0.05, 0.1) is 0 Å². The summed E-state index contributed by atoms with van der Waals surface area (Å²) in [7, 11) is 2.22. The van der Waals surface area contributed by atoms with Crippen molar-refractivity contribution in [2.45, 2.75) is 38.6 Å². The maximum atomic E-state index is 2.73. The lowest BCUT2D eigenvalue weighted by atomic mass is 9.96. The maximum absolute atomic E-state index is 2.73. The highest BCUT2D eigenvalue weighted by Gasteiger charge is 2.29. The largest absolute Gasteiger partial charge is 0.303 e. The molecule has 0 spiro atoms. The molecule has 0 amide bonds. The average molecular weight is 196 g/mol. The summed E-state index contributed by atoms with van der Waals surface area (Å²) in [6.07, 6.45) is 5.72. The third-order valence-electron chi connectivity index (χ3n) is 3.85. The Morgan fingerprint density at radius 2 is 1.57 bits per heavy atom. The van der Waals surface area contributed by atoms with Crippen molar-refractivity contribution in [1.82, 2.24) is 9.80 Å². The van der Waals surface area contributed by atoms with E-state index in [0.717, 1.165) is 12.0 Å². The van der Waals surface area contributed by atoms with Crippen LogP contribution in [0.3, 0.4) is 0 Å². The first-order valence-electron chi connectivity index (χ1n) is 6.18. The molecule has 0 aliphatic carbocycles. The zero-order valence-corrected chi connectivity index (χ0v) is 9.71. The summed E-state index contributed by atoms with van der Waals surface area (Å²) in [4.78, 5) is 5.15. The van der Waals surface area contributed by atoms with E-state index in [9.17, 15) is 0 Å². The Morgan fingerprint density at radius 3 is 2.07 bits per heavy atom. The van der Waals surface area contributed by atoms with Crippen molar-refractivity contribution in [2.24, 2.45) is 5.92 Å². The first kappa shape index (κ1) is 10.4. The fourth-order valence-corrected chi connectivity index (χ4v) is 2.80. The number of likely N-dealkylation sites (N-methyl/N-ethyl adjacent to an activating group) is 1. The van der Waals surface area contributed by atoms with Gasteiger partial charge in [0, 0.05) is 19.1 Å². The summed E-state index contributed by atoms with van der Waals surface area (Å²) in [5.41, 5.74) is 0. The van der Waals surface area contributed by atoms with Gasteiger partial charge in [0.15, 0.2) is 0 Å². The maximum Gasteiger partial charge on any atom is 0.0350 e. The Labute approximate surface area is 88.3 Å². The number of hydrogen-bond acceptors (Lipinski definition) is 2. The van der Waals surface area contributed by atoms with Crippen molar-refractivity contribution < 1.29 is 0 Å². The predicted octanol–water partition coefficient (Wildman–Crippen LogP) is 1.81. The number of rotatable bonds is 1. The molecule has 2 heterocycles. The lowest BCUT2D eigenvalue weighted by Gasteiger charge is -2.44. The number of likely N-dealkylation sites (tertiary alicyclic amines) is 2. The quantitative estimate of drug-likeness (QED) is 0.631. The van der Waals surface area contributed by atoms with Crippen LogP contribution >= 0.6 is 0 Å². The van der Waals surface area contributed by atoms with Crippen molar-refractivity contribution in [3.8, 4) is 0 Å². The molecular weight excluding hydrogens is 172 g/mol. The molecule has 0 N–H and O–H groups in total. The van der Waals surface area contributed by atoms with E-state index >= 15 is 0 Å². The van der Waals surface area contributed by atoms with Gasteiger partial charge in [-0.3, -0.25) is 4.90 Å². The molecule has 82 valence electrons. The highest BCUT2D eigenvalue weighted by Crippen LogP contribution is 2.21. The van der Waals surface area contributed by atoms with Crippen molar-refractivity contribution >= 4 is 0 Å². The average Bonchev–Trinajstić information content (AvgIpc) is 2.06. The monoisotopic (exact) mass is 196 g/mol. The molecule has 0 aromatic heterocycles. The van der Waals surface area contributed by atoms with E-state index in [4.69, 9.17) is 0 Å². The third kappa shape index (κ3) is 2.48. The Bertz CT molecular complexity index is 165. The van der Waals surface area contributed by atoms with Gasteiger partial charge in [0.1, 0.15) is 0 Å². The fraction of sp³-hybridized carbons (Fsp3) is 1.00. The molecule has 0 aromatic carbocycles. The van der Waals surface area contributed by atoms with E-state index in [1.807, 2.05) is 0 Å². The molecule has 2 saturated heterocycles. The Hall–Kier alpha value is -0.0800. The second kappa shape index (κ2) is 4.63. The van der Waals surface area contributed by atoms with E-state index in [-0.39, 0.29) is 0 Å². The number of hydrogen-bond donors (Lipinski definition) is 0. The van der Waals surface area contributed by atoms with E-state index < -0.39 is 0 Å². The van der Waals surface area contributed by atoms with Gasteiger partial charge in [-0.25, -0.2) is 0 Å². The lowest BCUT2D eigenvalue weighted by Crippen LogP contribution is -2.58. The van der Waals surface area contributed by atoms with Crippen LogP contribution < -0.4 is 0 Å². The van der Waals surface area contributed by atoms with Gasteiger partial charge < -0.3 is 4.90 Å². The van der Waals surface area contributed by atoms with Crippen LogP contribution in [0, 0.1) is 5.92 Å². The molecular formula is C12H24N2. The van der Waals surface area contributed by atoms with E-state index in [2.05, 4.69) is 23.8 Å². The minimum absolute atomic E-state index is 0.883. The Morgan fingerprint density at radius 1 is 1.00 bits per heavy atom. The van der Waals surface area contributed by atoms with Crippen LogP contribution in [0.25, 0.3) is 0 Å². The smallest absolute Gasteiger partial charge is 0.0350 e. The van der Waals surface area contributed by atoms with Gasteiger partial charge in [-0.05, 0) is 51.7 Å². The molecule has 2 heteroatoms. The van der Waals surface area contributed by atoms with Gasteiger partial charge in [-0.1, -0.05) is 6.92 Å². The summed E-state index contributed by atoms with van der Waals surface area (Å²) < 4.78 is 0. The molecule has 0 aromatic rings. The fourth-order valence-electron chi connectivity index (χ4n) is 2.80. The SMILES string of the molecule is CC1CCCN(C2CN(C)C2)CCC1. The van der Waals surface area contributed by atoms with Crippen LogP contribution in [0.2, 0.25) is 0 Å². The van der Waals surface area contributed by atoms with Crippen molar-refractivity contribution in [1.29, 1.82) is 0 Å². The molecule has 2 aliphatic heterocycles. The van der Waals surface area contributed by atoms with E-state index in [1.165, 1.54) is 51.9 Å². The van der Waals surface area contributed by atoms with Crippen LogP contribution in [0.1, 0.15) is 32.6 Å². The molecule has 2 aliphatic rings. The summed E-state index contributed by atoms with van der Waals surface area (Å²) in [5.74, 6) is 0.973. The minimum atomic E-state index is 0.883. The highest BCUT2D eigenvalue weighted by molar-refractivity contribution is 4.86. The third-order valence-corrected chi connectivity index (χ3v) is 3.85. The minimum Gasteiger partial charge on any atom is -0.303 e. The first-order valence-corrected chi connectivity index (χ1v) is 6.18. The van der Waals surface area contributed by atoms with Gasteiger partial charge in [-0.15, -0.1) is 0 Å². The predicted molar refractivity (Wildman–Crippen MR) is 60.5 cm³/mol. The zero-order valence-electron chi connectivity index (χ0n) is 9.71.